The maximum absolute atomic E-state index is 13.3. The van der Waals surface area contributed by atoms with Crippen LogP contribution >= 0.6 is 0 Å². The van der Waals surface area contributed by atoms with Gasteiger partial charge in [0.2, 0.25) is 20.0 Å². The van der Waals surface area contributed by atoms with Gasteiger partial charge < -0.3 is 0 Å². The first kappa shape index (κ1) is 20.0. The van der Waals surface area contributed by atoms with Crippen molar-refractivity contribution in [1.82, 2.24) is 13.6 Å². The zero-order chi connectivity index (χ0) is 20.5. The van der Waals surface area contributed by atoms with Crippen LogP contribution in [0.1, 0.15) is 6.42 Å². The lowest BCUT2D eigenvalue weighted by Gasteiger charge is -2.22. The summed E-state index contributed by atoms with van der Waals surface area (Å²) in [4.78, 5) is 4.49. The Hall–Kier alpha value is -2.33. The van der Waals surface area contributed by atoms with Gasteiger partial charge in [-0.15, -0.1) is 0 Å². The summed E-state index contributed by atoms with van der Waals surface area (Å²) < 4.78 is 55.2. The fourth-order valence-electron chi connectivity index (χ4n) is 3.55. The predicted octanol–water partition coefficient (Wildman–Crippen LogP) is 2.32. The molecule has 2 aromatic carbocycles. The van der Waals surface area contributed by atoms with Gasteiger partial charge >= 0.3 is 0 Å². The number of hydrogen-bond acceptors (Lipinski definition) is 5. The first-order chi connectivity index (χ1) is 13.9. The van der Waals surface area contributed by atoms with E-state index in [-0.39, 0.29) is 36.0 Å². The van der Waals surface area contributed by atoms with Crippen molar-refractivity contribution in [3.63, 3.8) is 0 Å². The Labute approximate surface area is 170 Å². The minimum atomic E-state index is -3.76. The molecule has 0 saturated carbocycles. The molecule has 1 aliphatic heterocycles. The number of fused-ring (bicyclic) bond motifs is 1. The molecule has 0 unspecified atom stereocenters. The monoisotopic (exact) mass is 431 g/mol. The van der Waals surface area contributed by atoms with E-state index in [1.165, 1.54) is 8.61 Å². The van der Waals surface area contributed by atoms with Crippen molar-refractivity contribution >= 4 is 30.8 Å². The fourth-order valence-corrected chi connectivity index (χ4v) is 6.72. The smallest absolute Gasteiger partial charge is 0.243 e. The summed E-state index contributed by atoms with van der Waals surface area (Å²) in [6, 6.07) is 15.0. The highest BCUT2D eigenvalue weighted by Crippen LogP contribution is 2.26. The second-order valence-corrected chi connectivity index (χ2v) is 10.7. The third kappa shape index (κ3) is 3.78. The third-order valence-corrected chi connectivity index (χ3v) is 8.92. The SMILES string of the molecule is O=S(=O)(c1ccccc1)N1CCCN(S(=O)(=O)c2cccc3cnccc23)CC1. The van der Waals surface area contributed by atoms with Crippen molar-refractivity contribution in [3.05, 3.63) is 67.0 Å². The van der Waals surface area contributed by atoms with Gasteiger partial charge in [-0.05, 0) is 30.7 Å². The van der Waals surface area contributed by atoms with E-state index >= 15 is 0 Å². The molecule has 0 aliphatic carbocycles. The fraction of sp³-hybridized carbons (Fsp3) is 0.250. The average molecular weight is 432 g/mol. The van der Waals surface area contributed by atoms with Gasteiger partial charge in [0.25, 0.3) is 0 Å². The molecule has 152 valence electrons. The van der Waals surface area contributed by atoms with Crippen LogP contribution in [0.5, 0.6) is 0 Å². The Balaban J connectivity index is 1.61. The van der Waals surface area contributed by atoms with Crippen molar-refractivity contribution in [1.29, 1.82) is 0 Å². The van der Waals surface area contributed by atoms with E-state index in [4.69, 9.17) is 0 Å². The molecule has 0 atom stereocenters. The summed E-state index contributed by atoms with van der Waals surface area (Å²) in [6.45, 7) is 0.770. The van der Waals surface area contributed by atoms with Crippen LogP contribution < -0.4 is 0 Å². The molecule has 29 heavy (non-hydrogen) atoms. The zero-order valence-electron chi connectivity index (χ0n) is 15.7. The van der Waals surface area contributed by atoms with Crippen LogP contribution in [0.3, 0.4) is 0 Å². The predicted molar refractivity (Wildman–Crippen MR) is 110 cm³/mol. The second-order valence-electron chi connectivity index (χ2n) is 6.83. The highest BCUT2D eigenvalue weighted by atomic mass is 32.2. The van der Waals surface area contributed by atoms with Crippen LogP contribution in [-0.2, 0) is 20.0 Å². The van der Waals surface area contributed by atoms with Crippen molar-refractivity contribution < 1.29 is 16.8 Å². The van der Waals surface area contributed by atoms with Crippen LogP contribution in [0.25, 0.3) is 10.8 Å². The Morgan fingerprint density at radius 3 is 2.14 bits per heavy atom. The number of rotatable bonds is 4. The van der Waals surface area contributed by atoms with E-state index in [1.807, 2.05) is 6.07 Å². The number of nitrogens with zero attached hydrogens (tertiary/aromatic N) is 3. The van der Waals surface area contributed by atoms with Crippen LogP contribution in [0.2, 0.25) is 0 Å². The number of hydrogen-bond donors (Lipinski definition) is 0. The molecule has 1 aromatic heterocycles. The number of sulfonamides is 2. The quantitative estimate of drug-likeness (QED) is 0.633. The maximum atomic E-state index is 13.3. The molecule has 1 saturated heterocycles. The number of pyridine rings is 1. The lowest BCUT2D eigenvalue weighted by Crippen LogP contribution is -2.37. The second kappa shape index (κ2) is 7.83. The van der Waals surface area contributed by atoms with E-state index in [2.05, 4.69) is 4.98 Å². The largest absolute Gasteiger partial charge is 0.264 e. The normalized spacial score (nSPS) is 17.2. The van der Waals surface area contributed by atoms with Gasteiger partial charge in [0, 0.05) is 49.3 Å². The van der Waals surface area contributed by atoms with E-state index in [0.717, 1.165) is 5.39 Å². The van der Waals surface area contributed by atoms with Gasteiger partial charge in [-0.3, -0.25) is 4.98 Å². The van der Waals surface area contributed by atoms with Crippen molar-refractivity contribution in [3.8, 4) is 0 Å². The Kier molecular flexibility index (Phi) is 5.39. The zero-order valence-corrected chi connectivity index (χ0v) is 17.3. The van der Waals surface area contributed by atoms with Crippen LogP contribution in [0.4, 0.5) is 0 Å². The van der Waals surface area contributed by atoms with Crippen molar-refractivity contribution in [2.75, 3.05) is 26.2 Å². The molecule has 0 bridgehead atoms. The van der Waals surface area contributed by atoms with E-state index in [9.17, 15) is 16.8 Å². The topological polar surface area (TPSA) is 87.7 Å². The first-order valence-corrected chi connectivity index (χ1v) is 12.2. The van der Waals surface area contributed by atoms with Gasteiger partial charge in [0.15, 0.2) is 0 Å². The van der Waals surface area contributed by atoms with E-state index < -0.39 is 20.0 Å². The molecule has 3 aromatic rings. The summed E-state index contributed by atoms with van der Waals surface area (Å²) >= 11 is 0. The van der Waals surface area contributed by atoms with Crippen LogP contribution in [0.15, 0.2) is 76.8 Å². The lowest BCUT2D eigenvalue weighted by molar-refractivity contribution is 0.405. The molecule has 1 fully saturated rings. The molecule has 9 heteroatoms. The molecule has 0 spiro atoms. The summed E-state index contributed by atoms with van der Waals surface area (Å²) in [6.07, 6.45) is 3.63. The van der Waals surface area contributed by atoms with Crippen LogP contribution in [0, 0.1) is 0 Å². The summed E-state index contributed by atoms with van der Waals surface area (Å²) in [7, 11) is -7.41. The van der Waals surface area contributed by atoms with E-state index in [1.54, 1.807) is 60.9 Å². The Morgan fingerprint density at radius 1 is 0.724 bits per heavy atom. The van der Waals surface area contributed by atoms with E-state index in [0.29, 0.717) is 11.8 Å². The Morgan fingerprint density at radius 2 is 1.41 bits per heavy atom. The van der Waals surface area contributed by atoms with Gasteiger partial charge in [-0.1, -0.05) is 30.3 Å². The summed E-state index contributed by atoms with van der Waals surface area (Å²) in [5.74, 6) is 0. The third-order valence-electron chi connectivity index (χ3n) is 5.05. The molecule has 4 rings (SSSR count). The average Bonchev–Trinajstić information content (AvgIpc) is 3.01. The summed E-state index contributed by atoms with van der Waals surface area (Å²) in [5.41, 5.74) is 0. The summed E-state index contributed by atoms with van der Waals surface area (Å²) in [5, 5.41) is 1.36. The minimum Gasteiger partial charge on any atom is -0.264 e. The molecule has 7 nitrogen and oxygen atoms in total. The molecule has 0 amide bonds. The molecular formula is C20H21N3O4S2. The van der Waals surface area contributed by atoms with Crippen molar-refractivity contribution in [2.24, 2.45) is 0 Å². The van der Waals surface area contributed by atoms with Crippen LogP contribution in [-0.4, -0.2) is 56.6 Å². The number of aromatic nitrogens is 1. The molecule has 1 aliphatic rings. The number of benzene rings is 2. The highest BCUT2D eigenvalue weighted by Gasteiger charge is 2.32. The minimum absolute atomic E-state index is 0.107. The lowest BCUT2D eigenvalue weighted by atomic mass is 10.2. The maximum Gasteiger partial charge on any atom is 0.243 e. The van der Waals surface area contributed by atoms with Gasteiger partial charge in [-0.25, -0.2) is 16.8 Å². The highest BCUT2D eigenvalue weighted by molar-refractivity contribution is 7.89. The first-order valence-electron chi connectivity index (χ1n) is 9.29. The van der Waals surface area contributed by atoms with Crippen molar-refractivity contribution in [2.45, 2.75) is 16.2 Å². The molecule has 2 heterocycles. The van der Waals surface area contributed by atoms with Gasteiger partial charge in [-0.2, -0.15) is 8.61 Å². The molecule has 0 N–H and O–H groups in total. The Bertz CT molecular complexity index is 1220. The molecule has 0 radical (unpaired) electrons. The standard InChI is InChI=1S/C20H21N3O4S2/c24-28(25,18-7-2-1-3-8-18)22-12-5-13-23(15-14-22)29(26,27)20-9-4-6-17-16-21-11-10-19(17)20/h1-4,6-11,16H,5,12-15H2. The van der Waals surface area contributed by atoms with Gasteiger partial charge in [0.1, 0.15) is 0 Å². The molecular weight excluding hydrogens is 410 g/mol. The van der Waals surface area contributed by atoms with Gasteiger partial charge in [0.05, 0.1) is 9.79 Å².